The van der Waals surface area contributed by atoms with Crippen molar-refractivity contribution in [2.75, 3.05) is 13.6 Å². The van der Waals surface area contributed by atoms with Gasteiger partial charge in [0, 0.05) is 16.6 Å². The Balaban J connectivity index is 2.02. The van der Waals surface area contributed by atoms with Crippen LogP contribution in [0.25, 0.3) is 11.3 Å². The van der Waals surface area contributed by atoms with Gasteiger partial charge in [-0.1, -0.05) is 34.1 Å². The molecule has 0 unspecified atom stereocenters. The van der Waals surface area contributed by atoms with E-state index in [1.807, 2.05) is 36.2 Å². The maximum Gasteiger partial charge on any atom is 0.304 e. The number of oxazole rings is 1. The molecule has 1 aromatic heterocycles. The van der Waals surface area contributed by atoms with E-state index in [9.17, 15) is 4.79 Å². The van der Waals surface area contributed by atoms with Gasteiger partial charge in [-0.05, 0) is 13.1 Å². The number of nitrogens with zero attached hydrogens (tertiary/aromatic N) is 2. The summed E-state index contributed by atoms with van der Waals surface area (Å²) in [6, 6.07) is 7.75. The molecule has 106 valence electrons. The van der Waals surface area contributed by atoms with Gasteiger partial charge in [-0.3, -0.25) is 9.69 Å². The molecule has 0 aliphatic rings. The molecule has 0 radical (unpaired) electrons. The van der Waals surface area contributed by atoms with Gasteiger partial charge < -0.3 is 9.52 Å². The first-order valence-corrected chi connectivity index (χ1v) is 6.95. The third kappa shape index (κ3) is 3.91. The van der Waals surface area contributed by atoms with Crippen molar-refractivity contribution < 1.29 is 14.3 Å². The average molecular weight is 339 g/mol. The molecule has 0 aliphatic carbocycles. The minimum Gasteiger partial charge on any atom is -0.481 e. The zero-order chi connectivity index (χ0) is 14.5. The number of benzene rings is 1. The van der Waals surface area contributed by atoms with Gasteiger partial charge in [0.1, 0.15) is 0 Å². The number of halogens is 1. The van der Waals surface area contributed by atoms with E-state index in [0.717, 1.165) is 10.0 Å². The highest BCUT2D eigenvalue weighted by atomic mass is 79.9. The van der Waals surface area contributed by atoms with Crippen LogP contribution in [-0.2, 0) is 11.3 Å². The summed E-state index contributed by atoms with van der Waals surface area (Å²) >= 11 is 3.47. The molecular weight excluding hydrogens is 324 g/mol. The monoisotopic (exact) mass is 338 g/mol. The van der Waals surface area contributed by atoms with Crippen molar-refractivity contribution in [2.45, 2.75) is 13.0 Å². The molecule has 2 aromatic rings. The molecular formula is C14H15BrN2O3. The van der Waals surface area contributed by atoms with Gasteiger partial charge in [0.15, 0.2) is 5.76 Å². The summed E-state index contributed by atoms with van der Waals surface area (Å²) < 4.78 is 6.64. The second-order valence-corrected chi connectivity index (χ2v) is 5.33. The summed E-state index contributed by atoms with van der Waals surface area (Å²) in [5.74, 6) is 0.459. The molecule has 0 amide bonds. The zero-order valence-electron chi connectivity index (χ0n) is 11.0. The van der Waals surface area contributed by atoms with Crippen LogP contribution >= 0.6 is 15.9 Å². The van der Waals surface area contributed by atoms with Crippen molar-refractivity contribution in [3.8, 4) is 11.3 Å². The lowest BCUT2D eigenvalue weighted by Gasteiger charge is -2.12. The number of aromatic nitrogens is 1. The topological polar surface area (TPSA) is 66.6 Å². The Kier molecular flexibility index (Phi) is 4.92. The molecule has 0 saturated carbocycles. The maximum absolute atomic E-state index is 10.5. The number of hydrogen-bond donors (Lipinski definition) is 1. The Labute approximate surface area is 125 Å². The van der Waals surface area contributed by atoms with Crippen LogP contribution in [0.15, 0.2) is 39.4 Å². The molecule has 0 atom stereocenters. The fraction of sp³-hybridized carbons (Fsp3) is 0.286. The van der Waals surface area contributed by atoms with Crippen LogP contribution in [0, 0.1) is 0 Å². The van der Waals surface area contributed by atoms with Crippen LogP contribution in [-0.4, -0.2) is 34.6 Å². The van der Waals surface area contributed by atoms with Crippen LogP contribution < -0.4 is 0 Å². The molecule has 0 spiro atoms. The summed E-state index contributed by atoms with van der Waals surface area (Å²) in [7, 11) is 1.84. The first kappa shape index (κ1) is 14.7. The van der Waals surface area contributed by atoms with Crippen molar-refractivity contribution in [1.29, 1.82) is 0 Å². The summed E-state index contributed by atoms with van der Waals surface area (Å²) in [6.45, 7) is 0.944. The standard InChI is InChI=1S/C14H15BrN2O3/c1-17(7-6-14(18)19)9-13-16-8-12(20-13)10-4-2-3-5-11(10)15/h2-5,8H,6-7,9H2,1H3,(H,18,19). The predicted molar refractivity (Wildman–Crippen MR) is 78.2 cm³/mol. The lowest BCUT2D eigenvalue weighted by molar-refractivity contribution is -0.137. The van der Waals surface area contributed by atoms with E-state index in [2.05, 4.69) is 20.9 Å². The Morgan fingerprint density at radius 3 is 2.90 bits per heavy atom. The molecule has 20 heavy (non-hydrogen) atoms. The van der Waals surface area contributed by atoms with E-state index in [1.54, 1.807) is 6.20 Å². The minimum atomic E-state index is -0.807. The van der Waals surface area contributed by atoms with Crippen molar-refractivity contribution >= 4 is 21.9 Å². The minimum absolute atomic E-state index is 0.105. The Bertz CT molecular complexity index is 598. The van der Waals surface area contributed by atoms with E-state index >= 15 is 0 Å². The van der Waals surface area contributed by atoms with Gasteiger partial charge in [0.25, 0.3) is 0 Å². The van der Waals surface area contributed by atoms with Crippen molar-refractivity contribution in [2.24, 2.45) is 0 Å². The Morgan fingerprint density at radius 2 is 2.20 bits per heavy atom. The molecule has 6 heteroatoms. The van der Waals surface area contributed by atoms with Crippen LogP contribution in [0.4, 0.5) is 0 Å². The SMILES string of the molecule is CN(CCC(=O)O)Cc1ncc(-c2ccccc2Br)o1. The van der Waals surface area contributed by atoms with E-state index in [-0.39, 0.29) is 6.42 Å². The number of carboxylic acid groups (broad SMARTS) is 1. The van der Waals surface area contributed by atoms with E-state index in [4.69, 9.17) is 9.52 Å². The normalized spacial score (nSPS) is 10.9. The average Bonchev–Trinajstić information content (AvgIpc) is 2.85. The molecule has 5 nitrogen and oxygen atoms in total. The highest BCUT2D eigenvalue weighted by molar-refractivity contribution is 9.10. The van der Waals surface area contributed by atoms with E-state index in [0.29, 0.717) is 24.7 Å². The van der Waals surface area contributed by atoms with E-state index in [1.165, 1.54) is 0 Å². The van der Waals surface area contributed by atoms with Gasteiger partial charge in [-0.25, -0.2) is 4.98 Å². The number of carbonyl (C=O) groups is 1. The molecule has 0 fully saturated rings. The van der Waals surface area contributed by atoms with Crippen LogP contribution in [0.2, 0.25) is 0 Å². The van der Waals surface area contributed by atoms with Gasteiger partial charge in [0.05, 0.1) is 19.2 Å². The second-order valence-electron chi connectivity index (χ2n) is 4.48. The van der Waals surface area contributed by atoms with Crippen molar-refractivity contribution in [1.82, 2.24) is 9.88 Å². The van der Waals surface area contributed by atoms with Gasteiger partial charge in [-0.2, -0.15) is 0 Å². The number of rotatable bonds is 6. The van der Waals surface area contributed by atoms with Crippen molar-refractivity contribution in [3.63, 3.8) is 0 Å². The molecule has 0 bridgehead atoms. The van der Waals surface area contributed by atoms with Gasteiger partial charge >= 0.3 is 5.97 Å². The fourth-order valence-corrected chi connectivity index (χ4v) is 2.25. The number of aliphatic carboxylic acids is 1. The summed E-state index contributed by atoms with van der Waals surface area (Å²) in [5, 5.41) is 8.64. The number of carboxylic acids is 1. The summed E-state index contributed by atoms with van der Waals surface area (Å²) in [6.07, 6.45) is 1.79. The smallest absolute Gasteiger partial charge is 0.304 e. The highest BCUT2D eigenvalue weighted by Crippen LogP contribution is 2.28. The molecule has 0 saturated heterocycles. The second kappa shape index (κ2) is 6.67. The van der Waals surface area contributed by atoms with Crippen LogP contribution in [0.1, 0.15) is 12.3 Å². The Hall–Kier alpha value is -1.66. The third-order valence-corrected chi connectivity index (χ3v) is 3.50. The fourth-order valence-electron chi connectivity index (χ4n) is 1.77. The highest BCUT2D eigenvalue weighted by Gasteiger charge is 2.11. The largest absolute Gasteiger partial charge is 0.481 e. The first-order valence-electron chi connectivity index (χ1n) is 6.16. The molecule has 1 heterocycles. The van der Waals surface area contributed by atoms with Gasteiger partial charge in [-0.15, -0.1) is 0 Å². The quantitative estimate of drug-likeness (QED) is 0.876. The lowest BCUT2D eigenvalue weighted by atomic mass is 10.2. The summed E-state index contributed by atoms with van der Waals surface area (Å²) in [4.78, 5) is 16.6. The third-order valence-electron chi connectivity index (χ3n) is 2.81. The van der Waals surface area contributed by atoms with E-state index < -0.39 is 5.97 Å². The first-order chi connectivity index (χ1) is 9.56. The summed E-state index contributed by atoms with van der Waals surface area (Å²) in [5.41, 5.74) is 0.944. The molecule has 1 N–H and O–H groups in total. The van der Waals surface area contributed by atoms with Gasteiger partial charge in [0.2, 0.25) is 5.89 Å². The Morgan fingerprint density at radius 1 is 1.45 bits per heavy atom. The number of hydrogen-bond acceptors (Lipinski definition) is 4. The zero-order valence-corrected chi connectivity index (χ0v) is 12.6. The molecule has 1 aromatic carbocycles. The maximum atomic E-state index is 10.5. The van der Waals surface area contributed by atoms with Crippen LogP contribution in [0.5, 0.6) is 0 Å². The van der Waals surface area contributed by atoms with Crippen LogP contribution in [0.3, 0.4) is 0 Å². The predicted octanol–water partition coefficient (Wildman–Crippen LogP) is 3.01. The molecule has 0 aliphatic heterocycles. The molecule has 2 rings (SSSR count). The van der Waals surface area contributed by atoms with Crippen molar-refractivity contribution in [3.05, 3.63) is 40.8 Å². The lowest BCUT2D eigenvalue weighted by Crippen LogP contribution is -2.21.